The number of carbonyl (C=O) groups is 1. The maximum absolute atomic E-state index is 11.1. The number of ether oxygens (including phenoxy) is 1. The fraction of sp³-hybridized carbons (Fsp3) is 0.364. The van der Waals surface area contributed by atoms with Crippen LogP contribution in [-0.2, 0) is 4.79 Å². The lowest BCUT2D eigenvalue weighted by atomic mass is 10.3. The zero-order valence-corrected chi connectivity index (χ0v) is 9.88. The second-order valence-corrected chi connectivity index (χ2v) is 3.57. The van der Waals surface area contributed by atoms with E-state index in [1.165, 1.54) is 0 Å². The quantitative estimate of drug-likeness (QED) is 0.734. The molecule has 0 aromatic heterocycles. The predicted octanol–water partition coefficient (Wildman–Crippen LogP) is 1.05. The summed E-state index contributed by atoms with van der Waals surface area (Å²) in [5.41, 5.74) is 0. The largest absolute Gasteiger partial charge is 0.490 e. The minimum Gasteiger partial charge on any atom is -0.490 e. The number of halogens is 1. The van der Waals surface area contributed by atoms with Crippen molar-refractivity contribution < 1.29 is 9.53 Å². The third-order valence-corrected chi connectivity index (χ3v) is 2.17. The van der Waals surface area contributed by atoms with Crippen LogP contribution in [0.2, 0.25) is 5.02 Å². The molecule has 0 saturated heterocycles. The van der Waals surface area contributed by atoms with Gasteiger partial charge in [-0.3, -0.25) is 4.79 Å². The lowest BCUT2D eigenvalue weighted by Crippen LogP contribution is -2.34. The zero-order chi connectivity index (χ0) is 11.8. The van der Waals surface area contributed by atoms with Crippen LogP contribution in [0.1, 0.15) is 0 Å². The Morgan fingerprint density at radius 1 is 1.44 bits per heavy atom. The van der Waals surface area contributed by atoms with Crippen molar-refractivity contribution >= 4 is 17.5 Å². The summed E-state index contributed by atoms with van der Waals surface area (Å²) in [5.74, 6) is 0.581. The fourth-order valence-corrected chi connectivity index (χ4v) is 1.33. The molecule has 1 aromatic carbocycles. The standard InChI is InChI=1S/C11H15ClN2O2/c1-13-8-11(15)14-6-7-16-10-5-3-2-4-9(10)12/h2-5,13H,6-8H2,1H3,(H,14,15). The monoisotopic (exact) mass is 242 g/mol. The molecule has 16 heavy (non-hydrogen) atoms. The summed E-state index contributed by atoms with van der Waals surface area (Å²) in [7, 11) is 1.72. The van der Waals surface area contributed by atoms with Gasteiger partial charge in [-0.05, 0) is 19.2 Å². The first-order valence-electron chi connectivity index (χ1n) is 5.02. The summed E-state index contributed by atoms with van der Waals surface area (Å²) in [6.45, 7) is 1.18. The van der Waals surface area contributed by atoms with Gasteiger partial charge < -0.3 is 15.4 Å². The molecule has 2 N–H and O–H groups in total. The number of amides is 1. The highest BCUT2D eigenvalue weighted by Gasteiger charge is 2.00. The van der Waals surface area contributed by atoms with Crippen LogP contribution in [0.4, 0.5) is 0 Å². The number of hydrogen-bond acceptors (Lipinski definition) is 3. The van der Waals surface area contributed by atoms with Gasteiger partial charge in [0, 0.05) is 0 Å². The maximum Gasteiger partial charge on any atom is 0.234 e. The maximum atomic E-state index is 11.1. The second kappa shape index (κ2) is 7.09. The Balaban J connectivity index is 2.21. The van der Waals surface area contributed by atoms with Gasteiger partial charge in [0.1, 0.15) is 12.4 Å². The van der Waals surface area contributed by atoms with Crippen molar-refractivity contribution in [2.24, 2.45) is 0 Å². The Morgan fingerprint density at radius 2 is 2.19 bits per heavy atom. The van der Waals surface area contributed by atoms with Gasteiger partial charge in [-0.2, -0.15) is 0 Å². The molecule has 4 nitrogen and oxygen atoms in total. The number of hydrogen-bond donors (Lipinski definition) is 2. The van der Waals surface area contributed by atoms with E-state index in [1.54, 1.807) is 19.2 Å². The van der Waals surface area contributed by atoms with Crippen molar-refractivity contribution in [3.63, 3.8) is 0 Å². The Labute approximate surface area is 99.9 Å². The minimum atomic E-state index is -0.0507. The molecule has 0 bridgehead atoms. The second-order valence-electron chi connectivity index (χ2n) is 3.16. The van der Waals surface area contributed by atoms with Gasteiger partial charge in [0.2, 0.25) is 5.91 Å². The topological polar surface area (TPSA) is 50.4 Å². The number of carbonyl (C=O) groups excluding carboxylic acids is 1. The zero-order valence-electron chi connectivity index (χ0n) is 9.13. The molecular weight excluding hydrogens is 228 g/mol. The van der Waals surface area contributed by atoms with Gasteiger partial charge in [-0.1, -0.05) is 23.7 Å². The number of nitrogens with one attached hydrogen (secondary N) is 2. The van der Waals surface area contributed by atoms with E-state index >= 15 is 0 Å². The molecule has 88 valence electrons. The SMILES string of the molecule is CNCC(=O)NCCOc1ccccc1Cl. The van der Waals surface area contributed by atoms with E-state index in [2.05, 4.69) is 10.6 Å². The molecule has 0 fully saturated rings. The molecule has 0 aliphatic heterocycles. The molecule has 0 spiro atoms. The van der Waals surface area contributed by atoms with Crippen LogP contribution in [0.5, 0.6) is 5.75 Å². The normalized spacial score (nSPS) is 9.88. The van der Waals surface area contributed by atoms with Gasteiger partial charge in [-0.25, -0.2) is 0 Å². The van der Waals surface area contributed by atoms with Gasteiger partial charge in [0.05, 0.1) is 18.1 Å². The predicted molar refractivity (Wildman–Crippen MR) is 63.9 cm³/mol. The first-order valence-corrected chi connectivity index (χ1v) is 5.40. The van der Waals surface area contributed by atoms with Crippen LogP contribution >= 0.6 is 11.6 Å². The average molecular weight is 243 g/mol. The fourth-order valence-electron chi connectivity index (χ4n) is 1.14. The Kier molecular flexibility index (Phi) is 5.67. The van der Waals surface area contributed by atoms with Crippen LogP contribution < -0.4 is 15.4 Å². The Bertz CT molecular complexity index is 345. The van der Waals surface area contributed by atoms with Crippen LogP contribution in [0.25, 0.3) is 0 Å². The first kappa shape index (κ1) is 12.8. The average Bonchev–Trinajstić information content (AvgIpc) is 2.27. The number of rotatable bonds is 6. The molecule has 0 saturated carbocycles. The van der Waals surface area contributed by atoms with Crippen LogP contribution in [0, 0.1) is 0 Å². The Morgan fingerprint density at radius 3 is 2.88 bits per heavy atom. The molecule has 1 aromatic rings. The molecule has 0 heterocycles. The molecule has 0 atom stereocenters. The molecular formula is C11H15ClN2O2. The Hall–Kier alpha value is -1.26. The number of para-hydroxylation sites is 1. The third-order valence-electron chi connectivity index (χ3n) is 1.86. The summed E-state index contributed by atoms with van der Waals surface area (Å²) in [4.78, 5) is 11.1. The molecule has 0 unspecified atom stereocenters. The molecule has 5 heteroatoms. The number of benzene rings is 1. The van der Waals surface area contributed by atoms with E-state index in [4.69, 9.17) is 16.3 Å². The van der Waals surface area contributed by atoms with E-state index < -0.39 is 0 Å². The van der Waals surface area contributed by atoms with E-state index in [9.17, 15) is 4.79 Å². The first-order chi connectivity index (χ1) is 7.74. The summed E-state index contributed by atoms with van der Waals surface area (Å²) >= 11 is 5.89. The highest BCUT2D eigenvalue weighted by atomic mass is 35.5. The number of likely N-dealkylation sites (N-methyl/N-ethyl adjacent to an activating group) is 1. The smallest absolute Gasteiger partial charge is 0.234 e. The van der Waals surface area contributed by atoms with Gasteiger partial charge in [0.25, 0.3) is 0 Å². The highest BCUT2D eigenvalue weighted by molar-refractivity contribution is 6.32. The van der Waals surface area contributed by atoms with E-state index in [-0.39, 0.29) is 5.91 Å². The van der Waals surface area contributed by atoms with Gasteiger partial charge >= 0.3 is 0 Å². The third kappa shape index (κ3) is 4.51. The molecule has 1 amide bonds. The van der Waals surface area contributed by atoms with Gasteiger partial charge in [0.15, 0.2) is 0 Å². The van der Waals surface area contributed by atoms with Crippen molar-refractivity contribution in [1.82, 2.24) is 10.6 Å². The molecule has 0 aliphatic rings. The van der Waals surface area contributed by atoms with Crippen LogP contribution in [-0.4, -0.2) is 32.7 Å². The van der Waals surface area contributed by atoms with Crippen molar-refractivity contribution in [3.05, 3.63) is 29.3 Å². The molecule has 0 radical (unpaired) electrons. The highest BCUT2D eigenvalue weighted by Crippen LogP contribution is 2.22. The molecule has 1 rings (SSSR count). The lowest BCUT2D eigenvalue weighted by molar-refractivity contribution is -0.120. The minimum absolute atomic E-state index is 0.0507. The lowest BCUT2D eigenvalue weighted by Gasteiger charge is -2.08. The van der Waals surface area contributed by atoms with Gasteiger partial charge in [-0.15, -0.1) is 0 Å². The van der Waals surface area contributed by atoms with E-state index in [0.29, 0.717) is 30.5 Å². The van der Waals surface area contributed by atoms with Crippen molar-refractivity contribution in [3.8, 4) is 5.75 Å². The van der Waals surface area contributed by atoms with Crippen LogP contribution in [0.15, 0.2) is 24.3 Å². The summed E-state index contributed by atoms with van der Waals surface area (Å²) in [6.07, 6.45) is 0. The van der Waals surface area contributed by atoms with Crippen molar-refractivity contribution in [2.45, 2.75) is 0 Å². The summed E-state index contributed by atoms with van der Waals surface area (Å²) < 4.78 is 5.40. The van der Waals surface area contributed by atoms with Crippen molar-refractivity contribution in [2.75, 3.05) is 26.7 Å². The molecule has 0 aliphatic carbocycles. The van der Waals surface area contributed by atoms with E-state index in [0.717, 1.165) is 0 Å². The van der Waals surface area contributed by atoms with Crippen molar-refractivity contribution in [1.29, 1.82) is 0 Å². The summed E-state index contributed by atoms with van der Waals surface area (Å²) in [6, 6.07) is 7.24. The summed E-state index contributed by atoms with van der Waals surface area (Å²) in [5, 5.41) is 6.04. The van der Waals surface area contributed by atoms with E-state index in [1.807, 2.05) is 12.1 Å². The van der Waals surface area contributed by atoms with Crippen LogP contribution in [0.3, 0.4) is 0 Å².